The van der Waals surface area contributed by atoms with Gasteiger partial charge in [-0.2, -0.15) is 0 Å². The number of rotatable bonds is 3. The smallest absolute Gasteiger partial charge is 0.319 e. The van der Waals surface area contributed by atoms with E-state index in [1.54, 1.807) is 4.90 Å². The maximum Gasteiger partial charge on any atom is 0.319 e. The standard InChI is InChI=1S/C15H17N3O3/c1-9-3-2-4-10(7-9)13-12-11(16-15(21)17-13)8-18(5-6-19)14(12)20/h2-4,7,13,19H,5-6,8H2,1H3,(H2,16,17,21)/t13-/m0/s1. The molecule has 0 aliphatic carbocycles. The average molecular weight is 287 g/mol. The molecule has 0 fully saturated rings. The van der Waals surface area contributed by atoms with Gasteiger partial charge in [0.25, 0.3) is 5.91 Å². The molecule has 3 N–H and O–H groups in total. The van der Waals surface area contributed by atoms with Gasteiger partial charge in [-0.1, -0.05) is 29.8 Å². The molecule has 2 aliphatic rings. The van der Waals surface area contributed by atoms with Crippen LogP contribution in [0, 0.1) is 6.92 Å². The molecule has 0 unspecified atom stereocenters. The highest BCUT2D eigenvalue weighted by Crippen LogP contribution is 2.32. The van der Waals surface area contributed by atoms with Gasteiger partial charge in [0.15, 0.2) is 0 Å². The van der Waals surface area contributed by atoms with Gasteiger partial charge in [-0.25, -0.2) is 4.79 Å². The van der Waals surface area contributed by atoms with Crippen molar-refractivity contribution in [3.8, 4) is 0 Å². The van der Waals surface area contributed by atoms with Crippen molar-refractivity contribution >= 4 is 11.9 Å². The summed E-state index contributed by atoms with van der Waals surface area (Å²) in [6.45, 7) is 2.48. The number of nitrogens with one attached hydrogen (secondary N) is 2. The minimum atomic E-state index is -0.440. The summed E-state index contributed by atoms with van der Waals surface area (Å²) in [5.74, 6) is -0.141. The van der Waals surface area contributed by atoms with Crippen LogP contribution in [0.5, 0.6) is 0 Å². The minimum absolute atomic E-state index is 0.0945. The lowest BCUT2D eigenvalue weighted by molar-refractivity contribution is -0.126. The molecule has 6 nitrogen and oxygen atoms in total. The number of β-amino-alcohol motifs (C(OH)–C–C–N with tert-alkyl or cyclic N) is 1. The summed E-state index contributed by atoms with van der Waals surface area (Å²) in [5.41, 5.74) is 3.15. The van der Waals surface area contributed by atoms with E-state index in [4.69, 9.17) is 5.11 Å². The topological polar surface area (TPSA) is 81.7 Å². The van der Waals surface area contributed by atoms with Gasteiger partial charge in [0.05, 0.1) is 30.5 Å². The van der Waals surface area contributed by atoms with Gasteiger partial charge in [-0.05, 0) is 12.5 Å². The Kier molecular flexibility index (Phi) is 3.39. The molecule has 6 heteroatoms. The van der Waals surface area contributed by atoms with Crippen LogP contribution in [-0.2, 0) is 4.79 Å². The van der Waals surface area contributed by atoms with Gasteiger partial charge in [-0.15, -0.1) is 0 Å². The lowest BCUT2D eigenvalue weighted by Crippen LogP contribution is -2.44. The van der Waals surface area contributed by atoms with E-state index in [0.717, 1.165) is 11.1 Å². The third-order valence-electron chi connectivity index (χ3n) is 3.77. The molecule has 0 aromatic heterocycles. The number of urea groups is 1. The Hall–Kier alpha value is -2.34. The van der Waals surface area contributed by atoms with Gasteiger partial charge in [0.1, 0.15) is 0 Å². The number of aryl methyl sites for hydroxylation is 1. The summed E-state index contributed by atoms with van der Waals surface area (Å²) in [6.07, 6.45) is 0. The van der Waals surface area contributed by atoms with E-state index in [1.807, 2.05) is 31.2 Å². The van der Waals surface area contributed by atoms with Crippen LogP contribution in [0.2, 0.25) is 0 Å². The number of benzene rings is 1. The number of carbonyl (C=O) groups excluding carboxylic acids is 2. The largest absolute Gasteiger partial charge is 0.395 e. The molecule has 1 aromatic carbocycles. The van der Waals surface area contributed by atoms with Crippen LogP contribution in [0.4, 0.5) is 4.79 Å². The molecule has 2 heterocycles. The van der Waals surface area contributed by atoms with Gasteiger partial charge in [0, 0.05) is 6.54 Å². The quantitative estimate of drug-likeness (QED) is 0.754. The van der Waals surface area contributed by atoms with Crippen LogP contribution >= 0.6 is 0 Å². The highest BCUT2D eigenvalue weighted by Gasteiger charge is 2.39. The van der Waals surface area contributed by atoms with E-state index in [1.165, 1.54) is 0 Å². The summed E-state index contributed by atoms with van der Waals surface area (Å²) in [4.78, 5) is 25.8. The predicted octanol–water partition coefficient (Wildman–Crippen LogP) is 0.438. The summed E-state index contributed by atoms with van der Waals surface area (Å²) in [7, 11) is 0. The van der Waals surface area contributed by atoms with Crippen LogP contribution in [-0.4, -0.2) is 41.6 Å². The monoisotopic (exact) mass is 287 g/mol. The highest BCUT2D eigenvalue weighted by molar-refractivity contribution is 6.01. The fourth-order valence-corrected chi connectivity index (χ4v) is 2.83. The number of hydrogen-bond acceptors (Lipinski definition) is 3. The van der Waals surface area contributed by atoms with Crippen LogP contribution in [0.3, 0.4) is 0 Å². The molecular weight excluding hydrogens is 270 g/mol. The van der Waals surface area contributed by atoms with E-state index in [2.05, 4.69) is 10.6 Å². The Morgan fingerprint density at radius 1 is 1.38 bits per heavy atom. The number of aliphatic hydroxyl groups is 1. The molecule has 0 saturated carbocycles. The van der Waals surface area contributed by atoms with Crippen molar-refractivity contribution in [3.63, 3.8) is 0 Å². The number of aliphatic hydroxyl groups excluding tert-OH is 1. The fourth-order valence-electron chi connectivity index (χ4n) is 2.83. The SMILES string of the molecule is Cc1cccc([C@@H]2NC(=O)NC3=C2C(=O)N(CCO)C3)c1. The molecular formula is C15H17N3O3. The molecule has 0 spiro atoms. The molecule has 3 amide bonds. The predicted molar refractivity (Wildman–Crippen MR) is 76.3 cm³/mol. The van der Waals surface area contributed by atoms with Crippen LogP contribution in [0.15, 0.2) is 35.5 Å². The van der Waals surface area contributed by atoms with Gasteiger partial charge in [-0.3, -0.25) is 4.79 Å². The maximum absolute atomic E-state index is 12.5. The summed E-state index contributed by atoms with van der Waals surface area (Å²) >= 11 is 0. The van der Waals surface area contributed by atoms with Crippen LogP contribution < -0.4 is 10.6 Å². The van der Waals surface area contributed by atoms with Crippen molar-refractivity contribution in [3.05, 3.63) is 46.7 Å². The van der Waals surface area contributed by atoms with E-state index >= 15 is 0 Å². The Morgan fingerprint density at radius 3 is 2.90 bits per heavy atom. The first kappa shape index (κ1) is 13.6. The van der Waals surface area contributed by atoms with Gasteiger partial charge < -0.3 is 20.6 Å². The minimum Gasteiger partial charge on any atom is -0.395 e. The zero-order chi connectivity index (χ0) is 15.0. The Morgan fingerprint density at radius 2 is 2.19 bits per heavy atom. The second kappa shape index (κ2) is 5.21. The average Bonchev–Trinajstić information content (AvgIpc) is 2.75. The molecule has 3 rings (SSSR count). The number of carbonyl (C=O) groups is 2. The Labute approximate surface area is 122 Å². The van der Waals surface area contributed by atoms with E-state index < -0.39 is 6.04 Å². The van der Waals surface area contributed by atoms with Crippen molar-refractivity contribution < 1.29 is 14.7 Å². The number of amides is 3. The zero-order valence-corrected chi connectivity index (χ0v) is 11.7. The molecule has 110 valence electrons. The molecule has 1 aromatic rings. The molecule has 0 saturated heterocycles. The zero-order valence-electron chi connectivity index (χ0n) is 11.7. The first-order valence-electron chi connectivity index (χ1n) is 6.87. The van der Waals surface area contributed by atoms with Crippen molar-refractivity contribution in [2.75, 3.05) is 19.7 Å². The fraction of sp³-hybridized carbons (Fsp3) is 0.333. The molecule has 2 aliphatic heterocycles. The highest BCUT2D eigenvalue weighted by atomic mass is 16.3. The van der Waals surface area contributed by atoms with E-state index in [-0.39, 0.29) is 25.1 Å². The second-order valence-electron chi connectivity index (χ2n) is 5.29. The van der Waals surface area contributed by atoms with Crippen LogP contribution in [0.1, 0.15) is 17.2 Å². The number of hydrogen-bond donors (Lipinski definition) is 3. The number of nitrogens with zero attached hydrogens (tertiary/aromatic N) is 1. The van der Waals surface area contributed by atoms with Crippen molar-refractivity contribution in [2.45, 2.75) is 13.0 Å². The van der Waals surface area contributed by atoms with Crippen molar-refractivity contribution in [1.82, 2.24) is 15.5 Å². The van der Waals surface area contributed by atoms with Crippen molar-refractivity contribution in [2.24, 2.45) is 0 Å². The second-order valence-corrected chi connectivity index (χ2v) is 5.29. The molecule has 0 bridgehead atoms. The normalized spacial score (nSPS) is 21.2. The van der Waals surface area contributed by atoms with Crippen LogP contribution in [0.25, 0.3) is 0 Å². The summed E-state index contributed by atoms with van der Waals surface area (Å²) in [6, 6.07) is 6.99. The molecule has 21 heavy (non-hydrogen) atoms. The third-order valence-corrected chi connectivity index (χ3v) is 3.77. The summed E-state index contributed by atoms with van der Waals surface area (Å²) in [5, 5.41) is 14.5. The first-order valence-corrected chi connectivity index (χ1v) is 6.87. The first-order chi connectivity index (χ1) is 10.1. The van der Waals surface area contributed by atoms with Crippen molar-refractivity contribution in [1.29, 1.82) is 0 Å². The third kappa shape index (κ3) is 2.38. The maximum atomic E-state index is 12.5. The van der Waals surface area contributed by atoms with Gasteiger partial charge in [0.2, 0.25) is 0 Å². The lowest BCUT2D eigenvalue weighted by atomic mass is 9.95. The van der Waals surface area contributed by atoms with Gasteiger partial charge >= 0.3 is 6.03 Å². The van der Waals surface area contributed by atoms with E-state index in [0.29, 0.717) is 17.8 Å². The van der Waals surface area contributed by atoms with E-state index in [9.17, 15) is 9.59 Å². The Bertz CT molecular complexity index is 639. The summed E-state index contributed by atoms with van der Waals surface area (Å²) < 4.78 is 0. The Balaban J connectivity index is 1.99. The molecule has 0 radical (unpaired) electrons. The molecule has 1 atom stereocenters. The lowest BCUT2D eigenvalue weighted by Gasteiger charge is -2.25.